The number of likely N-dealkylation sites (tertiary alicyclic amines) is 1. The Balaban J connectivity index is 2.04. The molecule has 0 radical (unpaired) electrons. The van der Waals surface area contributed by atoms with Crippen molar-refractivity contribution in [3.8, 4) is 0 Å². The second-order valence-corrected chi connectivity index (χ2v) is 5.38. The second kappa shape index (κ2) is 7.93. The van der Waals surface area contributed by atoms with Gasteiger partial charge < -0.3 is 15.3 Å². The maximum absolute atomic E-state index is 12.6. The van der Waals surface area contributed by atoms with E-state index >= 15 is 0 Å². The van der Waals surface area contributed by atoms with E-state index in [4.69, 9.17) is 5.11 Å². The van der Waals surface area contributed by atoms with Crippen LogP contribution in [0.25, 0.3) is 0 Å². The van der Waals surface area contributed by atoms with Crippen LogP contribution in [0.3, 0.4) is 0 Å². The highest BCUT2D eigenvalue weighted by Crippen LogP contribution is 2.23. The van der Waals surface area contributed by atoms with Gasteiger partial charge in [0.15, 0.2) is 0 Å². The number of anilines is 1. The number of nitrogens with one attached hydrogen (secondary N) is 1. The number of hydrogen-bond acceptors (Lipinski definition) is 5. The van der Waals surface area contributed by atoms with Crippen LogP contribution in [0.4, 0.5) is 5.82 Å². The Morgan fingerprint density at radius 2 is 2.38 bits per heavy atom. The maximum Gasteiger partial charge on any atom is 0.274 e. The first kappa shape index (κ1) is 15.7. The molecule has 116 valence electrons. The lowest BCUT2D eigenvalue weighted by Crippen LogP contribution is -2.36. The van der Waals surface area contributed by atoms with E-state index in [0.717, 1.165) is 45.2 Å². The summed E-state index contributed by atoms with van der Waals surface area (Å²) in [5.74, 6) is 0.594. The molecule has 6 heteroatoms. The molecule has 1 aliphatic rings. The first-order valence-corrected chi connectivity index (χ1v) is 7.74. The molecule has 2 N–H and O–H groups in total. The van der Waals surface area contributed by atoms with E-state index in [1.807, 2.05) is 4.90 Å². The van der Waals surface area contributed by atoms with Crippen LogP contribution < -0.4 is 5.32 Å². The molecule has 1 amide bonds. The molecular formula is C15H24N4O2. The van der Waals surface area contributed by atoms with Crippen LogP contribution in [0.5, 0.6) is 0 Å². The van der Waals surface area contributed by atoms with Gasteiger partial charge >= 0.3 is 0 Å². The van der Waals surface area contributed by atoms with Crippen LogP contribution >= 0.6 is 0 Å². The number of amides is 1. The van der Waals surface area contributed by atoms with E-state index in [2.05, 4.69) is 22.2 Å². The first-order chi connectivity index (χ1) is 10.3. The van der Waals surface area contributed by atoms with Gasteiger partial charge in [0.2, 0.25) is 0 Å². The molecule has 21 heavy (non-hydrogen) atoms. The molecule has 0 aromatic carbocycles. The molecule has 1 fully saturated rings. The number of carbonyl (C=O) groups is 1. The largest absolute Gasteiger partial charge is 0.396 e. The number of aliphatic hydroxyl groups is 1. The third-order valence-electron chi connectivity index (χ3n) is 3.74. The number of carbonyl (C=O) groups excluding carboxylic acids is 1. The molecule has 1 aromatic rings. The maximum atomic E-state index is 12.6. The van der Waals surface area contributed by atoms with E-state index in [0.29, 0.717) is 11.5 Å². The van der Waals surface area contributed by atoms with Crippen molar-refractivity contribution < 1.29 is 9.90 Å². The van der Waals surface area contributed by atoms with Crippen molar-refractivity contribution in [2.75, 3.05) is 25.0 Å². The fraction of sp³-hybridized carbons (Fsp3) is 0.667. The van der Waals surface area contributed by atoms with Gasteiger partial charge in [-0.05, 0) is 32.1 Å². The summed E-state index contributed by atoms with van der Waals surface area (Å²) in [6.45, 7) is 3.83. The molecule has 1 aliphatic heterocycles. The fourth-order valence-corrected chi connectivity index (χ4v) is 2.68. The average Bonchev–Trinajstić information content (AvgIpc) is 2.98. The molecule has 1 saturated heterocycles. The zero-order valence-corrected chi connectivity index (χ0v) is 12.6. The Hall–Kier alpha value is -1.69. The standard InChI is InChI=1S/C15H24N4O2/c1-2-7-17-14-11-16-10-13(18-14)15(21)19-8-3-5-12(19)6-4-9-20/h10-12,20H,2-9H2,1H3,(H,17,18). The van der Waals surface area contributed by atoms with Crippen LogP contribution in [0.1, 0.15) is 49.5 Å². The lowest BCUT2D eigenvalue weighted by atomic mass is 10.1. The highest BCUT2D eigenvalue weighted by atomic mass is 16.3. The lowest BCUT2D eigenvalue weighted by molar-refractivity contribution is 0.0718. The Morgan fingerprint density at radius 1 is 1.52 bits per heavy atom. The van der Waals surface area contributed by atoms with Gasteiger partial charge in [0.05, 0.1) is 12.4 Å². The molecule has 1 atom stereocenters. The number of hydrogen-bond donors (Lipinski definition) is 2. The molecule has 0 aliphatic carbocycles. The number of rotatable bonds is 7. The van der Waals surface area contributed by atoms with Crippen molar-refractivity contribution in [1.82, 2.24) is 14.9 Å². The Labute approximate surface area is 125 Å². The third kappa shape index (κ3) is 4.14. The van der Waals surface area contributed by atoms with E-state index in [9.17, 15) is 4.79 Å². The van der Waals surface area contributed by atoms with Crippen molar-refractivity contribution in [2.24, 2.45) is 0 Å². The predicted molar refractivity (Wildman–Crippen MR) is 81.2 cm³/mol. The summed E-state index contributed by atoms with van der Waals surface area (Å²) in [5, 5.41) is 12.1. The van der Waals surface area contributed by atoms with Gasteiger partial charge in [-0.15, -0.1) is 0 Å². The summed E-state index contributed by atoms with van der Waals surface area (Å²) in [5.41, 5.74) is 0.395. The number of aromatic nitrogens is 2. The summed E-state index contributed by atoms with van der Waals surface area (Å²) in [6, 6.07) is 0.221. The van der Waals surface area contributed by atoms with E-state index in [1.54, 1.807) is 6.20 Å². The monoisotopic (exact) mass is 292 g/mol. The molecule has 2 rings (SSSR count). The lowest BCUT2D eigenvalue weighted by Gasteiger charge is -2.24. The van der Waals surface area contributed by atoms with E-state index in [1.165, 1.54) is 6.20 Å². The van der Waals surface area contributed by atoms with Crippen LogP contribution in [0.15, 0.2) is 12.4 Å². The van der Waals surface area contributed by atoms with Gasteiger partial charge in [0.25, 0.3) is 5.91 Å². The molecular weight excluding hydrogens is 268 g/mol. The molecule has 6 nitrogen and oxygen atoms in total. The smallest absolute Gasteiger partial charge is 0.274 e. The molecule has 1 aromatic heterocycles. The van der Waals surface area contributed by atoms with Crippen molar-refractivity contribution >= 4 is 11.7 Å². The van der Waals surface area contributed by atoms with Gasteiger partial charge in [-0.25, -0.2) is 4.98 Å². The topological polar surface area (TPSA) is 78.4 Å². The van der Waals surface area contributed by atoms with Crippen LogP contribution in [-0.2, 0) is 0 Å². The SMILES string of the molecule is CCCNc1cncc(C(=O)N2CCCC2CCCO)n1. The quantitative estimate of drug-likeness (QED) is 0.799. The van der Waals surface area contributed by atoms with Crippen molar-refractivity contribution in [1.29, 1.82) is 0 Å². The molecule has 0 bridgehead atoms. The van der Waals surface area contributed by atoms with Gasteiger partial charge in [-0.3, -0.25) is 9.78 Å². The molecule has 2 heterocycles. The molecule has 0 spiro atoms. The molecule has 1 unspecified atom stereocenters. The minimum Gasteiger partial charge on any atom is -0.396 e. The van der Waals surface area contributed by atoms with Gasteiger partial charge in [0.1, 0.15) is 11.5 Å². The zero-order chi connectivity index (χ0) is 15.1. The van der Waals surface area contributed by atoms with Gasteiger partial charge in [-0.2, -0.15) is 0 Å². The highest BCUT2D eigenvalue weighted by molar-refractivity contribution is 5.92. The normalized spacial score (nSPS) is 18.0. The van der Waals surface area contributed by atoms with Gasteiger partial charge in [-0.1, -0.05) is 6.92 Å². The Morgan fingerprint density at radius 3 is 3.14 bits per heavy atom. The number of aliphatic hydroxyl groups excluding tert-OH is 1. The van der Waals surface area contributed by atoms with Gasteiger partial charge in [0, 0.05) is 25.7 Å². The van der Waals surface area contributed by atoms with E-state index in [-0.39, 0.29) is 18.6 Å². The number of nitrogens with zero attached hydrogens (tertiary/aromatic N) is 3. The summed E-state index contributed by atoms with van der Waals surface area (Å²) in [4.78, 5) is 22.9. The summed E-state index contributed by atoms with van der Waals surface area (Å²) < 4.78 is 0. The minimum atomic E-state index is -0.0527. The van der Waals surface area contributed by atoms with Crippen molar-refractivity contribution in [3.05, 3.63) is 18.1 Å². The third-order valence-corrected chi connectivity index (χ3v) is 3.74. The van der Waals surface area contributed by atoms with Crippen LogP contribution in [-0.4, -0.2) is 51.6 Å². The second-order valence-electron chi connectivity index (χ2n) is 5.38. The minimum absolute atomic E-state index is 0.0527. The average molecular weight is 292 g/mol. The van der Waals surface area contributed by atoms with E-state index < -0.39 is 0 Å². The Bertz CT molecular complexity index is 467. The summed E-state index contributed by atoms with van der Waals surface area (Å²) in [6.07, 6.45) is 7.77. The summed E-state index contributed by atoms with van der Waals surface area (Å²) in [7, 11) is 0. The predicted octanol–water partition coefficient (Wildman–Crippen LogP) is 1.68. The zero-order valence-electron chi connectivity index (χ0n) is 12.6. The summed E-state index contributed by atoms with van der Waals surface area (Å²) >= 11 is 0. The van der Waals surface area contributed by atoms with Crippen molar-refractivity contribution in [3.63, 3.8) is 0 Å². The fourth-order valence-electron chi connectivity index (χ4n) is 2.68. The first-order valence-electron chi connectivity index (χ1n) is 7.74. The van der Waals surface area contributed by atoms with Crippen LogP contribution in [0, 0.1) is 0 Å². The highest BCUT2D eigenvalue weighted by Gasteiger charge is 2.29. The van der Waals surface area contributed by atoms with Crippen molar-refractivity contribution in [2.45, 2.75) is 45.1 Å². The Kier molecular flexibility index (Phi) is 5.92. The molecule has 0 saturated carbocycles. The van der Waals surface area contributed by atoms with Crippen LogP contribution in [0.2, 0.25) is 0 Å².